The smallest absolute Gasteiger partial charge is 0.0950 e. The van der Waals surface area contributed by atoms with Crippen LogP contribution >= 0.6 is 0 Å². The summed E-state index contributed by atoms with van der Waals surface area (Å²) in [6, 6.07) is 0.528. The van der Waals surface area contributed by atoms with Crippen LogP contribution in [0.3, 0.4) is 0 Å². The molecule has 2 atom stereocenters. The SMILES string of the molecule is CCC(C(C)C)n1cncc1C(CN)C(C)C. The van der Waals surface area contributed by atoms with Gasteiger partial charge in [0.2, 0.25) is 0 Å². The molecule has 2 N–H and O–H groups in total. The molecule has 1 aromatic heterocycles. The predicted octanol–water partition coefficient (Wildman–Crippen LogP) is 3.19. The molecule has 0 aliphatic carbocycles. The Kier molecular flexibility index (Phi) is 5.19. The monoisotopic (exact) mass is 237 g/mol. The molecule has 0 spiro atoms. The fourth-order valence-electron chi connectivity index (χ4n) is 2.60. The number of nitrogens with two attached hydrogens (primary N) is 1. The van der Waals surface area contributed by atoms with Crippen molar-refractivity contribution in [3.05, 3.63) is 18.2 Å². The summed E-state index contributed by atoms with van der Waals surface area (Å²) in [5.41, 5.74) is 7.20. The molecule has 0 saturated carbocycles. The number of hydrogen-bond acceptors (Lipinski definition) is 2. The number of aromatic nitrogens is 2. The summed E-state index contributed by atoms with van der Waals surface area (Å²) >= 11 is 0. The van der Waals surface area contributed by atoms with Gasteiger partial charge in [0.05, 0.1) is 6.33 Å². The van der Waals surface area contributed by atoms with Gasteiger partial charge < -0.3 is 10.3 Å². The summed E-state index contributed by atoms with van der Waals surface area (Å²) in [5, 5.41) is 0. The van der Waals surface area contributed by atoms with Crippen molar-refractivity contribution in [1.82, 2.24) is 9.55 Å². The Hall–Kier alpha value is -0.830. The summed E-state index contributed by atoms with van der Waals surface area (Å²) in [5.74, 6) is 1.59. The molecule has 2 unspecified atom stereocenters. The quantitative estimate of drug-likeness (QED) is 0.825. The van der Waals surface area contributed by atoms with Gasteiger partial charge in [-0.05, 0) is 18.3 Å². The first-order chi connectivity index (χ1) is 8.02. The minimum absolute atomic E-state index is 0.408. The van der Waals surface area contributed by atoms with E-state index in [1.807, 2.05) is 12.5 Å². The van der Waals surface area contributed by atoms with Gasteiger partial charge in [0.1, 0.15) is 0 Å². The van der Waals surface area contributed by atoms with Crippen molar-refractivity contribution in [3.8, 4) is 0 Å². The average Bonchev–Trinajstić information content (AvgIpc) is 2.68. The number of imidazole rings is 1. The zero-order chi connectivity index (χ0) is 13.0. The summed E-state index contributed by atoms with van der Waals surface area (Å²) in [7, 11) is 0. The molecular weight excluding hydrogens is 210 g/mol. The Morgan fingerprint density at radius 3 is 2.29 bits per heavy atom. The minimum atomic E-state index is 0.408. The van der Waals surface area contributed by atoms with E-state index >= 15 is 0 Å². The molecule has 0 aliphatic rings. The normalized spacial score (nSPS) is 15.5. The number of nitrogens with zero attached hydrogens (tertiary/aromatic N) is 2. The second-order valence-corrected chi connectivity index (χ2v) is 5.53. The molecule has 1 heterocycles. The first-order valence-electron chi connectivity index (χ1n) is 6.74. The molecule has 17 heavy (non-hydrogen) atoms. The summed E-state index contributed by atoms with van der Waals surface area (Å²) in [6.45, 7) is 11.9. The van der Waals surface area contributed by atoms with E-state index in [0.717, 1.165) is 6.42 Å². The van der Waals surface area contributed by atoms with Gasteiger partial charge >= 0.3 is 0 Å². The summed E-state index contributed by atoms with van der Waals surface area (Å²) < 4.78 is 2.34. The molecule has 0 aromatic carbocycles. The second-order valence-electron chi connectivity index (χ2n) is 5.53. The maximum absolute atomic E-state index is 5.91. The molecule has 0 fully saturated rings. The van der Waals surface area contributed by atoms with Crippen LogP contribution < -0.4 is 5.73 Å². The lowest BCUT2D eigenvalue weighted by Crippen LogP contribution is -2.24. The van der Waals surface area contributed by atoms with Gasteiger partial charge in [0.15, 0.2) is 0 Å². The molecule has 0 amide bonds. The second kappa shape index (κ2) is 6.20. The van der Waals surface area contributed by atoms with E-state index in [2.05, 4.69) is 44.2 Å². The van der Waals surface area contributed by atoms with Crippen molar-refractivity contribution >= 4 is 0 Å². The first kappa shape index (κ1) is 14.2. The molecule has 0 radical (unpaired) electrons. The van der Waals surface area contributed by atoms with Crippen LogP contribution in [0.5, 0.6) is 0 Å². The van der Waals surface area contributed by atoms with Crippen LogP contribution in [-0.4, -0.2) is 16.1 Å². The van der Waals surface area contributed by atoms with Crippen LogP contribution in [0.25, 0.3) is 0 Å². The third kappa shape index (κ3) is 3.09. The molecule has 98 valence electrons. The Labute approximate surface area is 105 Å². The van der Waals surface area contributed by atoms with E-state index in [4.69, 9.17) is 5.73 Å². The van der Waals surface area contributed by atoms with Crippen molar-refractivity contribution in [2.75, 3.05) is 6.54 Å². The van der Waals surface area contributed by atoms with Gasteiger partial charge in [-0.25, -0.2) is 4.98 Å². The molecule has 0 saturated heterocycles. The highest BCUT2D eigenvalue weighted by Crippen LogP contribution is 2.29. The van der Waals surface area contributed by atoms with Crippen LogP contribution in [0.1, 0.15) is 58.7 Å². The van der Waals surface area contributed by atoms with Crippen LogP contribution in [0.15, 0.2) is 12.5 Å². The molecule has 0 aliphatic heterocycles. The van der Waals surface area contributed by atoms with E-state index in [-0.39, 0.29) is 0 Å². The highest BCUT2D eigenvalue weighted by atomic mass is 15.1. The van der Waals surface area contributed by atoms with Crippen LogP contribution in [0, 0.1) is 11.8 Å². The molecular formula is C14H27N3. The fourth-order valence-corrected chi connectivity index (χ4v) is 2.60. The Balaban J connectivity index is 3.06. The van der Waals surface area contributed by atoms with E-state index in [1.165, 1.54) is 5.69 Å². The minimum Gasteiger partial charge on any atom is -0.331 e. The van der Waals surface area contributed by atoms with Crippen molar-refractivity contribution in [1.29, 1.82) is 0 Å². The maximum atomic E-state index is 5.91. The highest BCUT2D eigenvalue weighted by Gasteiger charge is 2.22. The topological polar surface area (TPSA) is 43.8 Å². The van der Waals surface area contributed by atoms with Crippen molar-refractivity contribution in [3.63, 3.8) is 0 Å². The van der Waals surface area contributed by atoms with E-state index < -0.39 is 0 Å². The van der Waals surface area contributed by atoms with Crippen LogP contribution in [0.2, 0.25) is 0 Å². The molecule has 1 rings (SSSR count). The lowest BCUT2D eigenvalue weighted by Gasteiger charge is -2.27. The van der Waals surface area contributed by atoms with E-state index in [0.29, 0.717) is 30.3 Å². The number of hydrogen-bond donors (Lipinski definition) is 1. The van der Waals surface area contributed by atoms with E-state index in [1.54, 1.807) is 0 Å². The van der Waals surface area contributed by atoms with Crippen LogP contribution in [-0.2, 0) is 0 Å². The molecule has 0 bridgehead atoms. The Bertz CT molecular complexity index is 297. The zero-order valence-corrected chi connectivity index (χ0v) is 11.9. The van der Waals surface area contributed by atoms with Gasteiger partial charge in [-0.1, -0.05) is 34.6 Å². The lowest BCUT2D eigenvalue weighted by atomic mass is 9.91. The number of rotatable bonds is 6. The van der Waals surface area contributed by atoms with Crippen molar-refractivity contribution < 1.29 is 0 Å². The van der Waals surface area contributed by atoms with Crippen LogP contribution in [0.4, 0.5) is 0 Å². The van der Waals surface area contributed by atoms with Crippen molar-refractivity contribution in [2.24, 2.45) is 17.6 Å². The average molecular weight is 237 g/mol. The highest BCUT2D eigenvalue weighted by molar-refractivity contribution is 5.09. The predicted molar refractivity (Wildman–Crippen MR) is 73.0 cm³/mol. The van der Waals surface area contributed by atoms with Gasteiger partial charge in [-0.2, -0.15) is 0 Å². The van der Waals surface area contributed by atoms with E-state index in [9.17, 15) is 0 Å². The van der Waals surface area contributed by atoms with Crippen molar-refractivity contribution in [2.45, 2.75) is 53.0 Å². The molecule has 3 heteroatoms. The molecule has 1 aromatic rings. The van der Waals surface area contributed by atoms with Gasteiger partial charge in [0, 0.05) is 30.4 Å². The summed E-state index contributed by atoms with van der Waals surface area (Å²) in [6.07, 6.45) is 5.09. The third-order valence-corrected chi connectivity index (χ3v) is 3.68. The molecule has 3 nitrogen and oxygen atoms in total. The Morgan fingerprint density at radius 1 is 1.24 bits per heavy atom. The Morgan fingerprint density at radius 2 is 1.88 bits per heavy atom. The standard InChI is InChI=1S/C14H27N3/c1-6-13(11(4)5)17-9-16-8-14(17)12(7-15)10(2)3/h8-13H,6-7,15H2,1-5H3. The lowest BCUT2D eigenvalue weighted by molar-refractivity contribution is 0.342. The third-order valence-electron chi connectivity index (χ3n) is 3.68. The zero-order valence-electron chi connectivity index (χ0n) is 11.9. The maximum Gasteiger partial charge on any atom is 0.0950 e. The fraction of sp³-hybridized carbons (Fsp3) is 0.786. The first-order valence-corrected chi connectivity index (χ1v) is 6.74. The van der Waals surface area contributed by atoms with Gasteiger partial charge in [0.25, 0.3) is 0 Å². The van der Waals surface area contributed by atoms with Gasteiger partial charge in [-0.3, -0.25) is 0 Å². The van der Waals surface area contributed by atoms with Gasteiger partial charge in [-0.15, -0.1) is 0 Å². The summed E-state index contributed by atoms with van der Waals surface area (Å²) in [4.78, 5) is 4.33. The largest absolute Gasteiger partial charge is 0.331 e.